The van der Waals surface area contributed by atoms with E-state index in [-0.39, 0.29) is 5.78 Å². The minimum Gasteiger partial charge on any atom is -0.497 e. The highest BCUT2D eigenvalue weighted by Gasteiger charge is 2.17. The van der Waals surface area contributed by atoms with Crippen LogP contribution in [-0.2, 0) is 0 Å². The molecule has 21 heavy (non-hydrogen) atoms. The number of benzene rings is 1. The van der Waals surface area contributed by atoms with Crippen molar-refractivity contribution in [2.24, 2.45) is 0 Å². The fraction of sp³-hybridized carbons (Fsp3) is 0.125. The second-order valence-electron chi connectivity index (χ2n) is 4.52. The Morgan fingerprint density at radius 2 is 2.00 bits per heavy atom. The Labute approximate surface area is 121 Å². The van der Waals surface area contributed by atoms with Gasteiger partial charge in [-0.3, -0.25) is 4.79 Å². The highest BCUT2D eigenvalue weighted by molar-refractivity contribution is 6.11. The van der Waals surface area contributed by atoms with Crippen molar-refractivity contribution >= 4 is 16.8 Å². The number of H-pyrrole nitrogens is 1. The summed E-state index contributed by atoms with van der Waals surface area (Å²) in [6.45, 7) is 0. The van der Waals surface area contributed by atoms with E-state index in [0.29, 0.717) is 28.4 Å². The van der Waals surface area contributed by atoms with Gasteiger partial charge in [-0.05, 0) is 30.3 Å². The van der Waals surface area contributed by atoms with Gasteiger partial charge in [0.1, 0.15) is 17.1 Å². The molecule has 0 bridgehead atoms. The molecule has 0 saturated carbocycles. The van der Waals surface area contributed by atoms with Gasteiger partial charge in [0.25, 0.3) is 0 Å². The monoisotopic (exact) mass is 282 g/mol. The number of nitrogens with one attached hydrogen (secondary N) is 1. The van der Waals surface area contributed by atoms with E-state index < -0.39 is 0 Å². The van der Waals surface area contributed by atoms with E-state index in [4.69, 9.17) is 9.47 Å². The van der Waals surface area contributed by atoms with E-state index in [0.717, 1.165) is 5.39 Å². The third kappa shape index (κ3) is 2.33. The van der Waals surface area contributed by atoms with Crippen LogP contribution in [0.15, 0.2) is 42.6 Å². The average Bonchev–Trinajstić information content (AvgIpc) is 2.97. The summed E-state index contributed by atoms with van der Waals surface area (Å²) in [7, 11) is 3.10. The molecule has 2 aromatic heterocycles. The Balaban J connectivity index is 2.05. The van der Waals surface area contributed by atoms with E-state index in [2.05, 4.69) is 9.97 Å². The second-order valence-corrected chi connectivity index (χ2v) is 4.52. The molecule has 0 saturated heterocycles. The van der Waals surface area contributed by atoms with Crippen LogP contribution in [0.4, 0.5) is 0 Å². The Morgan fingerprint density at radius 3 is 2.71 bits per heavy atom. The molecule has 1 N–H and O–H groups in total. The summed E-state index contributed by atoms with van der Waals surface area (Å²) in [6, 6.07) is 10.6. The minimum absolute atomic E-state index is 0.146. The molecule has 2 heterocycles. The van der Waals surface area contributed by atoms with Gasteiger partial charge in [-0.15, -0.1) is 0 Å². The number of rotatable bonds is 4. The molecule has 0 aliphatic rings. The Bertz CT molecular complexity index is 775. The number of carbonyl (C=O) groups is 1. The van der Waals surface area contributed by atoms with Gasteiger partial charge in [0.15, 0.2) is 0 Å². The van der Waals surface area contributed by atoms with Crippen LogP contribution in [0.2, 0.25) is 0 Å². The van der Waals surface area contributed by atoms with Gasteiger partial charge >= 0.3 is 0 Å². The van der Waals surface area contributed by atoms with Crippen molar-refractivity contribution in [1.29, 1.82) is 0 Å². The molecule has 0 unspecified atom stereocenters. The summed E-state index contributed by atoms with van der Waals surface area (Å²) in [5, 5.41) is 0.897. The van der Waals surface area contributed by atoms with E-state index in [1.807, 2.05) is 12.1 Å². The van der Waals surface area contributed by atoms with Gasteiger partial charge in [-0.25, -0.2) is 4.98 Å². The molecule has 0 aliphatic carbocycles. The number of nitrogens with zero attached hydrogens (tertiary/aromatic N) is 1. The van der Waals surface area contributed by atoms with Crippen molar-refractivity contribution < 1.29 is 14.3 Å². The van der Waals surface area contributed by atoms with Crippen LogP contribution >= 0.6 is 0 Å². The van der Waals surface area contributed by atoms with Crippen LogP contribution in [0, 0.1) is 0 Å². The van der Waals surface area contributed by atoms with Crippen LogP contribution < -0.4 is 9.47 Å². The number of fused-ring (bicyclic) bond motifs is 1. The van der Waals surface area contributed by atoms with Crippen LogP contribution in [0.25, 0.3) is 11.0 Å². The smallest absolute Gasteiger partial charge is 0.212 e. The lowest BCUT2D eigenvalue weighted by Crippen LogP contribution is -2.04. The first kappa shape index (κ1) is 13.2. The third-order valence-electron chi connectivity index (χ3n) is 3.29. The van der Waals surface area contributed by atoms with Crippen molar-refractivity contribution in [3.8, 4) is 11.5 Å². The molecular formula is C16H14N2O3. The average molecular weight is 282 g/mol. The third-order valence-corrected chi connectivity index (χ3v) is 3.29. The van der Waals surface area contributed by atoms with E-state index >= 15 is 0 Å². The molecule has 106 valence electrons. The van der Waals surface area contributed by atoms with Gasteiger partial charge in [0.05, 0.1) is 25.5 Å². The molecule has 0 fully saturated rings. The van der Waals surface area contributed by atoms with Gasteiger partial charge < -0.3 is 14.5 Å². The minimum atomic E-state index is -0.146. The number of aromatic amines is 1. The molecule has 1 aromatic carbocycles. The van der Waals surface area contributed by atoms with Crippen LogP contribution in [0.5, 0.6) is 11.5 Å². The maximum atomic E-state index is 12.6. The number of ketones is 1. The molecule has 3 aromatic rings. The maximum absolute atomic E-state index is 12.6. The summed E-state index contributed by atoms with van der Waals surface area (Å²) in [6.07, 6.45) is 1.68. The molecule has 0 radical (unpaired) electrons. The normalized spacial score (nSPS) is 10.6. The first-order valence-electron chi connectivity index (χ1n) is 6.43. The largest absolute Gasteiger partial charge is 0.497 e. The van der Waals surface area contributed by atoms with Crippen molar-refractivity contribution in [3.63, 3.8) is 0 Å². The number of ether oxygens (including phenoxy) is 2. The fourth-order valence-electron chi connectivity index (χ4n) is 2.21. The Kier molecular flexibility index (Phi) is 3.31. The Morgan fingerprint density at radius 1 is 1.14 bits per heavy atom. The van der Waals surface area contributed by atoms with E-state index in [1.54, 1.807) is 37.6 Å². The number of pyridine rings is 1. The van der Waals surface area contributed by atoms with Crippen molar-refractivity contribution in [1.82, 2.24) is 9.97 Å². The lowest BCUT2D eigenvalue weighted by molar-refractivity contribution is 0.103. The first-order valence-corrected chi connectivity index (χ1v) is 6.43. The standard InChI is InChI=1S/C16H14N2O3/c1-20-11-5-6-12(14(9-11)21-2)15(19)13-8-10-4-3-7-17-16(10)18-13/h3-9H,1-2H3,(H,17,18). The summed E-state index contributed by atoms with van der Waals surface area (Å²) in [5.41, 5.74) is 1.64. The number of methoxy groups -OCH3 is 2. The highest BCUT2D eigenvalue weighted by Crippen LogP contribution is 2.27. The van der Waals surface area contributed by atoms with Crippen LogP contribution in [-0.4, -0.2) is 30.0 Å². The van der Waals surface area contributed by atoms with Crippen molar-refractivity contribution in [3.05, 3.63) is 53.9 Å². The molecule has 0 amide bonds. The molecular weight excluding hydrogens is 268 g/mol. The van der Waals surface area contributed by atoms with Crippen molar-refractivity contribution in [2.45, 2.75) is 0 Å². The zero-order valence-electron chi connectivity index (χ0n) is 11.7. The zero-order chi connectivity index (χ0) is 14.8. The second kappa shape index (κ2) is 5.28. The van der Waals surface area contributed by atoms with E-state index in [9.17, 15) is 4.79 Å². The van der Waals surface area contributed by atoms with Gasteiger partial charge in [0.2, 0.25) is 5.78 Å². The van der Waals surface area contributed by atoms with E-state index in [1.165, 1.54) is 7.11 Å². The maximum Gasteiger partial charge on any atom is 0.212 e. The molecule has 0 aliphatic heterocycles. The molecule has 5 nitrogen and oxygen atoms in total. The number of hydrogen-bond acceptors (Lipinski definition) is 4. The first-order chi connectivity index (χ1) is 10.2. The molecule has 5 heteroatoms. The zero-order valence-corrected chi connectivity index (χ0v) is 11.7. The topological polar surface area (TPSA) is 64.2 Å². The van der Waals surface area contributed by atoms with Crippen molar-refractivity contribution in [2.75, 3.05) is 14.2 Å². The lowest BCUT2D eigenvalue weighted by atomic mass is 10.1. The summed E-state index contributed by atoms with van der Waals surface area (Å²) < 4.78 is 10.4. The van der Waals surface area contributed by atoms with Gasteiger partial charge in [-0.2, -0.15) is 0 Å². The summed E-state index contributed by atoms with van der Waals surface area (Å²) in [5.74, 6) is 0.972. The quantitative estimate of drug-likeness (QED) is 0.747. The molecule has 0 atom stereocenters. The van der Waals surface area contributed by atoms with Gasteiger partial charge in [-0.1, -0.05) is 0 Å². The highest BCUT2D eigenvalue weighted by atomic mass is 16.5. The Hall–Kier alpha value is -2.82. The predicted octanol–water partition coefficient (Wildman–Crippen LogP) is 2.81. The number of carbonyl (C=O) groups excluding carboxylic acids is 1. The number of hydrogen-bond donors (Lipinski definition) is 1. The molecule has 3 rings (SSSR count). The van der Waals surface area contributed by atoms with Gasteiger partial charge in [0, 0.05) is 17.6 Å². The number of aromatic nitrogens is 2. The SMILES string of the molecule is COc1ccc(C(=O)c2cc3cccnc3[nH]2)c(OC)c1. The van der Waals surface area contributed by atoms with Crippen LogP contribution in [0.1, 0.15) is 16.1 Å². The lowest BCUT2D eigenvalue weighted by Gasteiger charge is -2.08. The van der Waals surface area contributed by atoms with Crippen LogP contribution in [0.3, 0.4) is 0 Å². The predicted molar refractivity (Wildman–Crippen MR) is 79.1 cm³/mol. The molecule has 0 spiro atoms. The fourth-order valence-corrected chi connectivity index (χ4v) is 2.21. The summed E-state index contributed by atoms with van der Waals surface area (Å²) in [4.78, 5) is 19.8. The summed E-state index contributed by atoms with van der Waals surface area (Å²) >= 11 is 0.